The molecule has 20 heavy (non-hydrogen) atoms. The Kier molecular flexibility index (Phi) is 4.92. The predicted octanol–water partition coefficient (Wildman–Crippen LogP) is 4.36. The summed E-state index contributed by atoms with van der Waals surface area (Å²) in [5, 5.41) is 9.77. The van der Waals surface area contributed by atoms with Crippen LogP contribution in [0.25, 0.3) is 0 Å². The van der Waals surface area contributed by atoms with Crippen molar-refractivity contribution in [1.29, 1.82) is 0 Å². The lowest BCUT2D eigenvalue weighted by molar-refractivity contribution is 0.0696. The van der Waals surface area contributed by atoms with Crippen molar-refractivity contribution in [3.63, 3.8) is 0 Å². The Morgan fingerprint density at radius 1 is 1.40 bits per heavy atom. The third kappa shape index (κ3) is 3.26. The Morgan fingerprint density at radius 3 is 2.60 bits per heavy atom. The molecule has 0 aromatic heterocycles. The maximum Gasteiger partial charge on any atom is 0.336 e. The highest BCUT2D eigenvalue weighted by atomic mass is 35.5. The summed E-state index contributed by atoms with van der Waals surface area (Å²) in [6, 6.07) is 3.42. The van der Waals surface area contributed by atoms with Gasteiger partial charge in [-0.15, -0.1) is 0 Å². The van der Waals surface area contributed by atoms with E-state index in [0.717, 1.165) is 30.3 Å². The van der Waals surface area contributed by atoms with Gasteiger partial charge in [-0.1, -0.05) is 24.4 Å². The average molecular weight is 296 g/mol. The molecule has 0 radical (unpaired) electrons. The Bertz CT molecular complexity index is 495. The van der Waals surface area contributed by atoms with Gasteiger partial charge in [0.05, 0.1) is 5.56 Å². The minimum atomic E-state index is -0.914. The second-order valence-corrected chi connectivity index (χ2v) is 6.03. The van der Waals surface area contributed by atoms with Crippen molar-refractivity contribution in [3.8, 4) is 0 Å². The van der Waals surface area contributed by atoms with Crippen molar-refractivity contribution < 1.29 is 9.90 Å². The van der Waals surface area contributed by atoms with E-state index in [9.17, 15) is 9.90 Å². The number of anilines is 1. The zero-order valence-electron chi connectivity index (χ0n) is 12.2. The summed E-state index contributed by atoms with van der Waals surface area (Å²) >= 11 is 6.09. The fourth-order valence-electron chi connectivity index (χ4n) is 3.12. The normalized spacial score (nSPS) is 15.6. The molecule has 0 unspecified atom stereocenters. The number of hydrogen-bond acceptors (Lipinski definition) is 2. The van der Waals surface area contributed by atoms with E-state index in [1.165, 1.54) is 31.7 Å². The van der Waals surface area contributed by atoms with Gasteiger partial charge in [0.25, 0.3) is 0 Å². The topological polar surface area (TPSA) is 40.5 Å². The quantitative estimate of drug-likeness (QED) is 0.877. The van der Waals surface area contributed by atoms with Gasteiger partial charge in [0.1, 0.15) is 0 Å². The molecule has 1 fully saturated rings. The van der Waals surface area contributed by atoms with Crippen LogP contribution in [0.15, 0.2) is 12.1 Å². The predicted molar refractivity (Wildman–Crippen MR) is 83.0 cm³/mol. The third-order valence-electron chi connectivity index (χ3n) is 4.25. The van der Waals surface area contributed by atoms with Crippen molar-refractivity contribution in [2.24, 2.45) is 5.92 Å². The number of aromatic carboxylic acids is 1. The molecule has 0 bridgehead atoms. The van der Waals surface area contributed by atoms with Gasteiger partial charge in [-0.05, 0) is 50.3 Å². The largest absolute Gasteiger partial charge is 0.478 e. The van der Waals surface area contributed by atoms with Crippen molar-refractivity contribution in [3.05, 3.63) is 28.3 Å². The Labute approximate surface area is 125 Å². The number of halogens is 1. The van der Waals surface area contributed by atoms with Crippen molar-refractivity contribution in [2.45, 2.75) is 39.5 Å². The zero-order valence-corrected chi connectivity index (χ0v) is 12.9. The second-order valence-electron chi connectivity index (χ2n) is 5.59. The van der Waals surface area contributed by atoms with Crippen molar-refractivity contribution in [1.82, 2.24) is 0 Å². The first-order valence-corrected chi connectivity index (χ1v) is 7.69. The molecule has 1 aliphatic carbocycles. The van der Waals surface area contributed by atoms with E-state index >= 15 is 0 Å². The molecule has 3 nitrogen and oxygen atoms in total. The van der Waals surface area contributed by atoms with Crippen LogP contribution in [-0.2, 0) is 0 Å². The number of hydrogen-bond donors (Lipinski definition) is 1. The second kappa shape index (κ2) is 6.49. The number of benzene rings is 1. The van der Waals surface area contributed by atoms with Gasteiger partial charge in [0, 0.05) is 23.8 Å². The van der Waals surface area contributed by atoms with E-state index < -0.39 is 5.97 Å². The number of carboxylic acid groups (broad SMARTS) is 1. The fourth-order valence-corrected chi connectivity index (χ4v) is 3.33. The van der Waals surface area contributed by atoms with Crippen LogP contribution in [0, 0.1) is 12.8 Å². The minimum Gasteiger partial charge on any atom is -0.478 e. The Balaban J connectivity index is 2.30. The highest BCUT2D eigenvalue weighted by Crippen LogP contribution is 2.31. The van der Waals surface area contributed by atoms with Crippen LogP contribution < -0.4 is 4.90 Å². The monoisotopic (exact) mass is 295 g/mol. The lowest BCUT2D eigenvalue weighted by Crippen LogP contribution is -2.29. The molecule has 0 amide bonds. The Hall–Kier alpha value is -1.22. The smallest absolute Gasteiger partial charge is 0.336 e. The average Bonchev–Trinajstić information content (AvgIpc) is 2.91. The van der Waals surface area contributed by atoms with E-state index in [2.05, 4.69) is 11.8 Å². The van der Waals surface area contributed by atoms with Gasteiger partial charge in [-0.2, -0.15) is 0 Å². The van der Waals surface area contributed by atoms with Crippen LogP contribution in [-0.4, -0.2) is 24.2 Å². The van der Waals surface area contributed by atoms with Crippen molar-refractivity contribution >= 4 is 23.3 Å². The summed E-state index contributed by atoms with van der Waals surface area (Å²) in [5.41, 5.74) is 2.07. The summed E-state index contributed by atoms with van der Waals surface area (Å²) in [6.45, 7) is 5.84. The van der Waals surface area contributed by atoms with Gasteiger partial charge >= 0.3 is 5.97 Å². The molecule has 1 aliphatic rings. The standard InChI is InChI=1S/C16H22ClNO2/c1-3-18(10-12-6-4-5-7-12)15-9-13(17)8-14(11(15)2)16(19)20/h8-9,12H,3-7,10H2,1-2H3,(H,19,20). The summed E-state index contributed by atoms with van der Waals surface area (Å²) < 4.78 is 0. The lowest BCUT2D eigenvalue weighted by atomic mass is 10.0. The molecule has 0 saturated heterocycles. The highest BCUT2D eigenvalue weighted by Gasteiger charge is 2.21. The zero-order chi connectivity index (χ0) is 14.7. The first-order valence-electron chi connectivity index (χ1n) is 7.31. The summed E-state index contributed by atoms with van der Waals surface area (Å²) in [7, 11) is 0. The lowest BCUT2D eigenvalue weighted by Gasteiger charge is -2.28. The molecule has 1 aromatic rings. The first kappa shape index (κ1) is 15.2. The molecule has 2 rings (SSSR count). The molecule has 0 atom stereocenters. The van der Waals surface area contributed by atoms with E-state index in [1.807, 2.05) is 13.0 Å². The molecular formula is C16H22ClNO2. The molecule has 4 heteroatoms. The number of carboxylic acids is 1. The first-order chi connectivity index (χ1) is 9.52. The van der Waals surface area contributed by atoms with E-state index in [4.69, 9.17) is 11.6 Å². The van der Waals surface area contributed by atoms with Crippen LogP contribution in [0.2, 0.25) is 5.02 Å². The van der Waals surface area contributed by atoms with Crippen LogP contribution in [0.1, 0.15) is 48.5 Å². The summed E-state index contributed by atoms with van der Waals surface area (Å²) in [5.74, 6) is -0.190. The van der Waals surface area contributed by atoms with E-state index in [0.29, 0.717) is 10.6 Å². The Morgan fingerprint density at radius 2 is 2.05 bits per heavy atom. The SMILES string of the molecule is CCN(CC1CCCC1)c1cc(Cl)cc(C(=O)O)c1C. The molecule has 1 N–H and O–H groups in total. The van der Waals surface area contributed by atoms with Gasteiger partial charge in [0.15, 0.2) is 0 Å². The summed E-state index contributed by atoms with van der Waals surface area (Å²) in [6.07, 6.45) is 5.19. The number of rotatable bonds is 5. The summed E-state index contributed by atoms with van der Waals surface area (Å²) in [4.78, 5) is 13.6. The van der Waals surface area contributed by atoms with Gasteiger partial charge in [0.2, 0.25) is 0 Å². The van der Waals surface area contributed by atoms with E-state index in [-0.39, 0.29) is 0 Å². The van der Waals surface area contributed by atoms with Gasteiger partial charge < -0.3 is 10.0 Å². The minimum absolute atomic E-state index is 0.303. The molecule has 1 saturated carbocycles. The molecule has 0 aliphatic heterocycles. The van der Waals surface area contributed by atoms with Gasteiger partial charge in [-0.3, -0.25) is 0 Å². The van der Waals surface area contributed by atoms with Crippen LogP contribution in [0.3, 0.4) is 0 Å². The molecular weight excluding hydrogens is 274 g/mol. The molecule has 1 aromatic carbocycles. The fraction of sp³-hybridized carbons (Fsp3) is 0.562. The molecule has 0 heterocycles. The van der Waals surface area contributed by atoms with Crippen molar-refractivity contribution in [2.75, 3.05) is 18.0 Å². The number of carbonyl (C=O) groups is 1. The number of nitrogens with zero attached hydrogens (tertiary/aromatic N) is 1. The van der Waals surface area contributed by atoms with E-state index in [1.54, 1.807) is 0 Å². The highest BCUT2D eigenvalue weighted by molar-refractivity contribution is 6.31. The maximum atomic E-state index is 11.3. The maximum absolute atomic E-state index is 11.3. The molecule has 0 spiro atoms. The molecule has 110 valence electrons. The van der Waals surface area contributed by atoms with Gasteiger partial charge in [-0.25, -0.2) is 4.79 Å². The van der Waals surface area contributed by atoms with Crippen LogP contribution in [0.5, 0.6) is 0 Å². The van der Waals surface area contributed by atoms with Crippen LogP contribution >= 0.6 is 11.6 Å². The van der Waals surface area contributed by atoms with Crippen LogP contribution in [0.4, 0.5) is 5.69 Å². The third-order valence-corrected chi connectivity index (χ3v) is 4.47.